The van der Waals surface area contributed by atoms with Crippen molar-refractivity contribution in [3.63, 3.8) is 0 Å². The van der Waals surface area contributed by atoms with E-state index >= 15 is 0 Å². The number of benzene rings is 2. The number of rotatable bonds is 8. The van der Waals surface area contributed by atoms with Crippen LogP contribution in [0.4, 0.5) is 18.9 Å². The Bertz CT molecular complexity index is 1090. The summed E-state index contributed by atoms with van der Waals surface area (Å²) >= 11 is 1.71. The van der Waals surface area contributed by atoms with Gasteiger partial charge in [-0.15, -0.1) is 10.2 Å². The monoisotopic (exact) mass is 492 g/mol. The fourth-order valence-corrected chi connectivity index (χ4v) is 5.22. The molecule has 1 saturated carbocycles. The van der Waals surface area contributed by atoms with Crippen LogP contribution in [0.5, 0.6) is 0 Å². The Morgan fingerprint density at radius 1 is 1.06 bits per heavy atom. The minimum atomic E-state index is -2.49. The SMILES string of the molecule is O=C(CSc1nnc(-c2ccccc2F)n1C1CCCCC1)Nc1ccc(SC(F)F)cc1. The Labute approximate surface area is 198 Å². The van der Waals surface area contributed by atoms with Crippen molar-refractivity contribution in [1.29, 1.82) is 0 Å². The van der Waals surface area contributed by atoms with E-state index in [-0.39, 0.29) is 23.5 Å². The summed E-state index contributed by atoms with van der Waals surface area (Å²) < 4.78 is 41.4. The zero-order valence-corrected chi connectivity index (χ0v) is 19.3. The summed E-state index contributed by atoms with van der Waals surface area (Å²) in [4.78, 5) is 12.9. The Morgan fingerprint density at radius 3 is 2.48 bits per heavy atom. The fraction of sp³-hybridized carbons (Fsp3) is 0.348. The van der Waals surface area contributed by atoms with Gasteiger partial charge in [0, 0.05) is 16.6 Å². The van der Waals surface area contributed by atoms with Gasteiger partial charge in [-0.25, -0.2) is 4.39 Å². The van der Waals surface area contributed by atoms with Gasteiger partial charge in [-0.1, -0.05) is 54.9 Å². The Hall–Kier alpha value is -2.46. The second kappa shape index (κ2) is 11.1. The van der Waals surface area contributed by atoms with Gasteiger partial charge < -0.3 is 5.32 Å². The van der Waals surface area contributed by atoms with Crippen molar-refractivity contribution in [2.45, 2.75) is 54.0 Å². The zero-order valence-electron chi connectivity index (χ0n) is 17.7. The summed E-state index contributed by atoms with van der Waals surface area (Å²) in [5.41, 5.74) is 0.925. The predicted molar refractivity (Wildman–Crippen MR) is 125 cm³/mol. The number of anilines is 1. The number of thioether (sulfide) groups is 2. The summed E-state index contributed by atoms with van der Waals surface area (Å²) in [6.45, 7) is 0. The molecular formula is C23H23F3N4OS2. The highest BCUT2D eigenvalue weighted by Crippen LogP contribution is 2.36. The normalized spacial score (nSPS) is 14.5. The minimum Gasteiger partial charge on any atom is -0.325 e. The molecule has 1 heterocycles. The van der Waals surface area contributed by atoms with Crippen molar-refractivity contribution < 1.29 is 18.0 Å². The van der Waals surface area contributed by atoms with E-state index in [1.54, 1.807) is 42.5 Å². The third kappa shape index (κ3) is 6.11. The zero-order chi connectivity index (χ0) is 23.2. The van der Waals surface area contributed by atoms with Crippen molar-refractivity contribution in [3.05, 3.63) is 54.3 Å². The molecule has 1 aromatic heterocycles. The highest BCUT2D eigenvalue weighted by Gasteiger charge is 2.25. The van der Waals surface area contributed by atoms with Gasteiger partial charge in [0.25, 0.3) is 5.76 Å². The van der Waals surface area contributed by atoms with E-state index in [0.717, 1.165) is 25.7 Å². The molecule has 2 aromatic carbocycles. The lowest BCUT2D eigenvalue weighted by Crippen LogP contribution is -2.17. The number of hydrogen-bond acceptors (Lipinski definition) is 5. The number of halogens is 3. The van der Waals surface area contributed by atoms with E-state index in [9.17, 15) is 18.0 Å². The Balaban J connectivity index is 1.47. The number of hydrogen-bond donors (Lipinski definition) is 1. The van der Waals surface area contributed by atoms with Crippen LogP contribution in [0.2, 0.25) is 0 Å². The largest absolute Gasteiger partial charge is 0.325 e. The molecule has 0 unspecified atom stereocenters. The lowest BCUT2D eigenvalue weighted by atomic mass is 9.95. The highest BCUT2D eigenvalue weighted by molar-refractivity contribution is 8.00. The molecule has 174 valence electrons. The van der Waals surface area contributed by atoms with Crippen LogP contribution in [0.15, 0.2) is 58.6 Å². The van der Waals surface area contributed by atoms with Gasteiger partial charge in [-0.2, -0.15) is 8.78 Å². The van der Waals surface area contributed by atoms with E-state index < -0.39 is 5.76 Å². The number of aromatic nitrogens is 3. The number of nitrogens with zero attached hydrogens (tertiary/aromatic N) is 3. The maximum Gasteiger partial charge on any atom is 0.288 e. The Kier molecular flexibility index (Phi) is 7.97. The number of carbonyl (C=O) groups excluding carboxylic acids is 1. The lowest BCUT2D eigenvalue weighted by Gasteiger charge is -2.25. The maximum absolute atomic E-state index is 14.5. The van der Waals surface area contributed by atoms with Crippen LogP contribution in [0.25, 0.3) is 11.4 Å². The van der Waals surface area contributed by atoms with Gasteiger partial charge in [0.1, 0.15) is 5.82 Å². The number of carbonyl (C=O) groups is 1. The van der Waals surface area contributed by atoms with Crippen molar-refractivity contribution in [2.75, 3.05) is 11.1 Å². The predicted octanol–water partition coefficient (Wildman–Crippen LogP) is 6.63. The molecule has 0 atom stereocenters. The summed E-state index contributed by atoms with van der Waals surface area (Å²) in [5.74, 6) is -2.52. The Morgan fingerprint density at radius 2 is 1.79 bits per heavy atom. The number of nitrogens with one attached hydrogen (secondary N) is 1. The van der Waals surface area contributed by atoms with Gasteiger partial charge in [-0.05, 0) is 49.2 Å². The summed E-state index contributed by atoms with van der Waals surface area (Å²) in [6.07, 6.45) is 5.27. The van der Waals surface area contributed by atoms with Crippen LogP contribution in [0, 0.1) is 5.82 Å². The van der Waals surface area contributed by atoms with Crippen molar-refractivity contribution in [1.82, 2.24) is 14.8 Å². The molecule has 0 spiro atoms. The molecule has 1 N–H and O–H groups in total. The number of amides is 1. The molecular weight excluding hydrogens is 469 g/mol. The molecule has 1 aliphatic carbocycles. The third-order valence-corrected chi connectivity index (χ3v) is 7.08. The molecule has 4 rings (SSSR count). The van der Waals surface area contributed by atoms with Gasteiger partial charge in [0.2, 0.25) is 5.91 Å². The first kappa shape index (κ1) is 23.7. The van der Waals surface area contributed by atoms with Crippen LogP contribution < -0.4 is 5.32 Å². The summed E-state index contributed by atoms with van der Waals surface area (Å²) in [6, 6.07) is 12.9. The van der Waals surface area contributed by atoms with Crippen LogP contribution in [0.3, 0.4) is 0 Å². The minimum absolute atomic E-state index is 0.0929. The first-order valence-electron chi connectivity index (χ1n) is 10.7. The third-order valence-electron chi connectivity index (χ3n) is 5.41. The van der Waals surface area contributed by atoms with Crippen LogP contribution >= 0.6 is 23.5 Å². The first-order valence-corrected chi connectivity index (χ1v) is 12.5. The molecule has 10 heteroatoms. The smallest absolute Gasteiger partial charge is 0.288 e. The van der Waals surface area contributed by atoms with Crippen molar-refractivity contribution in [3.8, 4) is 11.4 Å². The first-order chi connectivity index (χ1) is 16.0. The summed E-state index contributed by atoms with van der Waals surface area (Å²) in [7, 11) is 0. The lowest BCUT2D eigenvalue weighted by molar-refractivity contribution is -0.113. The van der Waals surface area contributed by atoms with E-state index in [1.165, 1.54) is 24.2 Å². The van der Waals surface area contributed by atoms with E-state index in [2.05, 4.69) is 15.5 Å². The molecule has 1 fully saturated rings. The second-order valence-electron chi connectivity index (χ2n) is 7.69. The second-order valence-corrected chi connectivity index (χ2v) is 9.69. The molecule has 1 amide bonds. The van der Waals surface area contributed by atoms with Crippen LogP contribution in [-0.2, 0) is 4.79 Å². The average Bonchev–Trinajstić information content (AvgIpc) is 3.23. The van der Waals surface area contributed by atoms with Gasteiger partial charge in [0.15, 0.2) is 11.0 Å². The molecule has 33 heavy (non-hydrogen) atoms. The van der Waals surface area contributed by atoms with E-state index in [0.29, 0.717) is 38.9 Å². The maximum atomic E-state index is 14.5. The van der Waals surface area contributed by atoms with Crippen molar-refractivity contribution in [2.24, 2.45) is 0 Å². The van der Waals surface area contributed by atoms with Crippen LogP contribution in [-0.4, -0.2) is 32.2 Å². The summed E-state index contributed by atoms with van der Waals surface area (Å²) in [5, 5.41) is 11.9. The molecule has 0 radical (unpaired) electrons. The molecule has 1 aliphatic rings. The van der Waals surface area contributed by atoms with Gasteiger partial charge in [-0.3, -0.25) is 9.36 Å². The number of alkyl halides is 2. The topological polar surface area (TPSA) is 59.8 Å². The molecule has 0 saturated heterocycles. The van der Waals surface area contributed by atoms with Crippen molar-refractivity contribution >= 4 is 35.1 Å². The average molecular weight is 493 g/mol. The fourth-order valence-electron chi connectivity index (χ4n) is 3.92. The molecule has 0 aliphatic heterocycles. The molecule has 3 aromatic rings. The van der Waals surface area contributed by atoms with E-state index in [4.69, 9.17) is 0 Å². The molecule has 5 nitrogen and oxygen atoms in total. The van der Waals surface area contributed by atoms with Gasteiger partial charge >= 0.3 is 0 Å². The highest BCUT2D eigenvalue weighted by atomic mass is 32.2. The standard InChI is InChI=1S/C23H23F3N4OS2/c24-19-9-5-4-8-18(19)21-28-29-23(30(21)16-6-2-1-3-7-16)32-14-20(31)27-15-10-12-17(13-11-15)33-22(25)26/h4-5,8-13,16,22H,1-3,6-7,14H2,(H,27,31). The van der Waals surface area contributed by atoms with E-state index in [1.807, 2.05) is 4.57 Å². The van der Waals surface area contributed by atoms with Crippen LogP contribution in [0.1, 0.15) is 38.1 Å². The quantitative estimate of drug-likeness (QED) is 0.358. The molecule has 0 bridgehead atoms. The van der Waals surface area contributed by atoms with Gasteiger partial charge in [0.05, 0.1) is 11.3 Å².